The third-order valence-electron chi connectivity index (χ3n) is 10.8. The summed E-state index contributed by atoms with van der Waals surface area (Å²) in [6, 6.07) is 1.13. The van der Waals surface area contributed by atoms with Gasteiger partial charge in [0, 0.05) is 42.6 Å². The van der Waals surface area contributed by atoms with E-state index in [2.05, 4.69) is 43.6 Å². The minimum atomic E-state index is 0.0364. The molecule has 0 bridgehead atoms. The molecule has 2 unspecified atom stereocenters. The zero-order valence-electron chi connectivity index (χ0n) is 20.3. The number of carbonyl (C=O) groups excluding carboxylic acids is 2. The first-order valence-electron chi connectivity index (χ1n) is 13.0. The highest BCUT2D eigenvalue weighted by Crippen LogP contribution is 2.65. The first-order chi connectivity index (χ1) is 14.7. The van der Waals surface area contributed by atoms with Crippen LogP contribution in [0.1, 0.15) is 91.9 Å². The number of hydrogen-bond donors (Lipinski definition) is 0. The zero-order valence-corrected chi connectivity index (χ0v) is 20.3. The fourth-order valence-electron chi connectivity index (χ4n) is 9.01. The van der Waals surface area contributed by atoms with Crippen molar-refractivity contribution in [3.63, 3.8) is 0 Å². The molecule has 2 saturated heterocycles. The predicted octanol–water partition coefficient (Wildman–Crippen LogP) is 5.18. The maximum atomic E-state index is 13.8. The van der Waals surface area contributed by atoms with Crippen molar-refractivity contribution < 1.29 is 9.59 Å². The Morgan fingerprint density at radius 2 is 1.71 bits per heavy atom. The monoisotopic (exact) mass is 426 g/mol. The number of carbonyl (C=O) groups is 2. The maximum absolute atomic E-state index is 13.8. The summed E-state index contributed by atoms with van der Waals surface area (Å²) in [5, 5.41) is 0. The SMILES string of the molecule is CC1CCCC(C)N1C(=O)C1=CC[C@H]2[C@@H]3CC[C@H]4N(C)C(=O)CC[C@]4(C)[C@H]3CC[C@]12C. The molecule has 2 saturated carbocycles. The molecule has 2 amide bonds. The Bertz CT molecular complexity index is 795. The van der Waals surface area contributed by atoms with E-state index in [1.807, 2.05) is 7.05 Å². The van der Waals surface area contributed by atoms with Crippen LogP contribution < -0.4 is 0 Å². The van der Waals surface area contributed by atoms with Gasteiger partial charge in [-0.05, 0) is 94.8 Å². The van der Waals surface area contributed by atoms with Gasteiger partial charge >= 0.3 is 0 Å². The van der Waals surface area contributed by atoms with Gasteiger partial charge in [0.25, 0.3) is 5.91 Å². The van der Waals surface area contributed by atoms with Crippen molar-refractivity contribution in [2.45, 2.75) is 110 Å². The van der Waals surface area contributed by atoms with Crippen molar-refractivity contribution in [1.29, 1.82) is 0 Å². The van der Waals surface area contributed by atoms with Crippen LogP contribution in [-0.2, 0) is 9.59 Å². The summed E-state index contributed by atoms with van der Waals surface area (Å²) in [5.74, 6) is 2.66. The molecule has 0 aromatic rings. The molecule has 2 aliphatic heterocycles. The van der Waals surface area contributed by atoms with Crippen LogP contribution in [0.5, 0.6) is 0 Å². The Balaban J connectivity index is 1.39. The number of hydrogen-bond acceptors (Lipinski definition) is 2. The van der Waals surface area contributed by atoms with E-state index in [0.717, 1.165) is 44.1 Å². The summed E-state index contributed by atoms with van der Waals surface area (Å²) in [7, 11) is 2.03. The van der Waals surface area contributed by atoms with Crippen molar-refractivity contribution in [1.82, 2.24) is 9.80 Å². The Labute approximate surface area is 188 Å². The maximum Gasteiger partial charge on any atom is 0.250 e. The largest absolute Gasteiger partial charge is 0.342 e. The van der Waals surface area contributed by atoms with E-state index >= 15 is 0 Å². The van der Waals surface area contributed by atoms with Crippen molar-refractivity contribution in [3.05, 3.63) is 11.6 Å². The Kier molecular flexibility index (Phi) is 5.10. The number of amides is 2. The fourth-order valence-corrected chi connectivity index (χ4v) is 9.01. The lowest BCUT2D eigenvalue weighted by atomic mass is 9.47. The number of likely N-dealkylation sites (tertiary alicyclic amines) is 2. The van der Waals surface area contributed by atoms with Gasteiger partial charge in [-0.25, -0.2) is 0 Å². The number of fused-ring (bicyclic) bond motifs is 5. The molecular formula is C27H42N2O2. The second-order valence-corrected chi connectivity index (χ2v) is 12.1. The highest BCUT2D eigenvalue weighted by molar-refractivity contribution is 5.96. The van der Waals surface area contributed by atoms with Gasteiger partial charge in [0.2, 0.25) is 5.91 Å². The standard InChI is InChI=1S/C27H42N2O2/c1-17-7-6-8-18(2)29(17)25(31)22-11-10-20-19-9-12-23-27(4,16-14-24(30)28(23)5)21(19)13-15-26(20,22)3/h11,17-21,23H,6-10,12-16H2,1-5H3/t17?,18?,19-,20-,21-,23+,26-,27+/m0/s1. The molecule has 0 aromatic carbocycles. The summed E-state index contributed by atoms with van der Waals surface area (Å²) >= 11 is 0. The van der Waals surface area contributed by atoms with E-state index in [-0.39, 0.29) is 10.8 Å². The van der Waals surface area contributed by atoms with E-state index in [1.165, 1.54) is 19.3 Å². The molecule has 3 aliphatic carbocycles. The molecule has 0 aromatic heterocycles. The lowest BCUT2D eigenvalue weighted by molar-refractivity contribution is -0.157. The molecule has 5 rings (SSSR count). The summed E-state index contributed by atoms with van der Waals surface area (Å²) in [6.07, 6.45) is 13.4. The molecule has 31 heavy (non-hydrogen) atoms. The normalized spacial score (nSPS) is 47.4. The summed E-state index contributed by atoms with van der Waals surface area (Å²) < 4.78 is 0. The summed E-state index contributed by atoms with van der Waals surface area (Å²) in [5.41, 5.74) is 1.42. The van der Waals surface area contributed by atoms with E-state index < -0.39 is 0 Å². The van der Waals surface area contributed by atoms with Crippen LogP contribution in [-0.4, -0.2) is 46.8 Å². The average molecular weight is 427 g/mol. The third kappa shape index (κ3) is 2.99. The topological polar surface area (TPSA) is 40.6 Å². The van der Waals surface area contributed by atoms with E-state index in [4.69, 9.17) is 0 Å². The van der Waals surface area contributed by atoms with Crippen molar-refractivity contribution >= 4 is 11.8 Å². The van der Waals surface area contributed by atoms with Crippen LogP contribution in [0.4, 0.5) is 0 Å². The third-order valence-corrected chi connectivity index (χ3v) is 10.8. The molecule has 172 valence electrons. The number of nitrogens with zero attached hydrogens (tertiary/aromatic N) is 2. The minimum absolute atomic E-state index is 0.0364. The van der Waals surface area contributed by atoms with Gasteiger partial charge in [0.15, 0.2) is 0 Å². The van der Waals surface area contributed by atoms with Crippen LogP contribution in [0.15, 0.2) is 11.6 Å². The molecule has 0 spiro atoms. The molecular weight excluding hydrogens is 384 g/mol. The van der Waals surface area contributed by atoms with Crippen LogP contribution in [0.2, 0.25) is 0 Å². The average Bonchev–Trinajstić information content (AvgIpc) is 3.08. The molecule has 4 fully saturated rings. The predicted molar refractivity (Wildman–Crippen MR) is 123 cm³/mol. The van der Waals surface area contributed by atoms with E-state index in [1.54, 1.807) is 0 Å². The molecule has 0 N–H and O–H groups in total. The Hall–Kier alpha value is -1.32. The highest BCUT2D eigenvalue weighted by atomic mass is 16.2. The van der Waals surface area contributed by atoms with Gasteiger partial charge in [-0.15, -0.1) is 0 Å². The lowest BCUT2D eigenvalue weighted by Gasteiger charge is -2.61. The number of piperidine rings is 2. The van der Waals surface area contributed by atoms with Gasteiger partial charge in [-0.1, -0.05) is 19.9 Å². The van der Waals surface area contributed by atoms with Crippen LogP contribution in [0.3, 0.4) is 0 Å². The quantitative estimate of drug-likeness (QED) is 0.580. The second-order valence-electron chi connectivity index (χ2n) is 12.1. The molecule has 4 heteroatoms. The van der Waals surface area contributed by atoms with Crippen molar-refractivity contribution in [2.24, 2.45) is 28.6 Å². The number of allylic oxidation sites excluding steroid dienone is 1. The van der Waals surface area contributed by atoms with Gasteiger partial charge in [0.1, 0.15) is 0 Å². The molecule has 2 heterocycles. The first-order valence-corrected chi connectivity index (χ1v) is 13.0. The zero-order chi connectivity index (χ0) is 22.1. The van der Waals surface area contributed by atoms with Crippen LogP contribution >= 0.6 is 0 Å². The Morgan fingerprint density at radius 1 is 1.00 bits per heavy atom. The molecule has 8 atom stereocenters. The summed E-state index contributed by atoms with van der Waals surface area (Å²) in [6.45, 7) is 9.37. The van der Waals surface area contributed by atoms with Crippen LogP contribution in [0.25, 0.3) is 0 Å². The molecule has 5 aliphatic rings. The van der Waals surface area contributed by atoms with Crippen molar-refractivity contribution in [2.75, 3.05) is 7.05 Å². The second kappa shape index (κ2) is 7.35. The van der Waals surface area contributed by atoms with Crippen molar-refractivity contribution in [3.8, 4) is 0 Å². The van der Waals surface area contributed by atoms with Gasteiger partial charge in [0.05, 0.1) is 0 Å². The summed E-state index contributed by atoms with van der Waals surface area (Å²) in [4.78, 5) is 30.5. The smallest absolute Gasteiger partial charge is 0.250 e. The lowest BCUT2D eigenvalue weighted by Crippen LogP contribution is -2.61. The van der Waals surface area contributed by atoms with Gasteiger partial charge in [-0.2, -0.15) is 0 Å². The Morgan fingerprint density at radius 3 is 2.42 bits per heavy atom. The van der Waals surface area contributed by atoms with Crippen LogP contribution in [0, 0.1) is 28.6 Å². The number of rotatable bonds is 1. The molecule has 0 radical (unpaired) electrons. The highest BCUT2D eigenvalue weighted by Gasteiger charge is 2.60. The van der Waals surface area contributed by atoms with E-state index in [9.17, 15) is 9.59 Å². The van der Waals surface area contributed by atoms with E-state index in [0.29, 0.717) is 54.1 Å². The first kappa shape index (κ1) is 21.5. The minimum Gasteiger partial charge on any atom is -0.342 e. The fraction of sp³-hybridized carbons (Fsp3) is 0.852. The molecule has 4 nitrogen and oxygen atoms in total. The van der Waals surface area contributed by atoms with Gasteiger partial charge < -0.3 is 9.80 Å². The van der Waals surface area contributed by atoms with Gasteiger partial charge in [-0.3, -0.25) is 9.59 Å².